The van der Waals surface area contributed by atoms with Gasteiger partial charge in [0.25, 0.3) is 10.0 Å². The van der Waals surface area contributed by atoms with Crippen LogP contribution >= 0.6 is 0 Å². The quantitative estimate of drug-likeness (QED) is 0.644. The van der Waals surface area contributed by atoms with Gasteiger partial charge in [0, 0.05) is 17.5 Å². The summed E-state index contributed by atoms with van der Waals surface area (Å²) in [5.74, 6) is -0.0923. The summed E-state index contributed by atoms with van der Waals surface area (Å²) in [5, 5.41) is 1.87. The molecule has 3 rings (SSSR count). The second-order valence-corrected chi connectivity index (χ2v) is 7.61. The molecule has 0 bridgehead atoms. The molecule has 0 heterocycles. The van der Waals surface area contributed by atoms with Crippen LogP contribution in [0, 0.1) is 0 Å². The Labute approximate surface area is 147 Å². The number of carbonyl (C=O) groups excluding carboxylic acids is 1. The predicted octanol–water partition coefficient (Wildman–Crippen LogP) is 4.26. The minimum atomic E-state index is -3.72. The fourth-order valence-electron chi connectivity index (χ4n) is 2.88. The Morgan fingerprint density at radius 1 is 0.920 bits per heavy atom. The standard InChI is InChI=1S/C20H19NO3S/c1-3-21(20-10-6-8-17-7-4-5-9-19(17)20)25(23,24)18-13-11-16(12-14-18)15(2)22/h4-14H,3H2,1-2H3. The van der Waals surface area contributed by atoms with Crippen LogP contribution in [0.25, 0.3) is 10.8 Å². The van der Waals surface area contributed by atoms with E-state index in [4.69, 9.17) is 0 Å². The Hall–Kier alpha value is -2.66. The zero-order valence-electron chi connectivity index (χ0n) is 14.1. The molecular weight excluding hydrogens is 334 g/mol. The van der Waals surface area contributed by atoms with E-state index in [1.165, 1.54) is 23.4 Å². The lowest BCUT2D eigenvalue weighted by atomic mass is 10.1. The van der Waals surface area contributed by atoms with E-state index >= 15 is 0 Å². The molecule has 3 aromatic rings. The SMILES string of the molecule is CCN(c1cccc2ccccc12)S(=O)(=O)c1ccc(C(C)=O)cc1. The fraction of sp³-hybridized carbons (Fsp3) is 0.150. The number of sulfonamides is 1. The summed E-state index contributed by atoms with van der Waals surface area (Å²) in [4.78, 5) is 11.6. The molecule has 0 saturated heterocycles. The largest absolute Gasteiger partial charge is 0.295 e. The normalized spacial score (nSPS) is 11.4. The van der Waals surface area contributed by atoms with Crippen LogP contribution in [0.15, 0.2) is 71.6 Å². The predicted molar refractivity (Wildman–Crippen MR) is 101 cm³/mol. The summed E-state index contributed by atoms with van der Waals surface area (Å²) >= 11 is 0. The summed E-state index contributed by atoms with van der Waals surface area (Å²) in [5.41, 5.74) is 1.14. The lowest BCUT2D eigenvalue weighted by Crippen LogP contribution is -2.31. The van der Waals surface area contributed by atoms with Crippen molar-refractivity contribution in [1.82, 2.24) is 0 Å². The molecule has 0 saturated carbocycles. The van der Waals surface area contributed by atoms with Crippen molar-refractivity contribution in [3.63, 3.8) is 0 Å². The third kappa shape index (κ3) is 3.15. The number of anilines is 1. The molecule has 0 aliphatic heterocycles. The first-order chi connectivity index (χ1) is 11.9. The summed E-state index contributed by atoms with van der Waals surface area (Å²) in [7, 11) is -3.72. The number of carbonyl (C=O) groups is 1. The van der Waals surface area contributed by atoms with E-state index in [0.717, 1.165) is 10.8 Å². The minimum absolute atomic E-state index is 0.0923. The van der Waals surface area contributed by atoms with Crippen molar-refractivity contribution in [2.75, 3.05) is 10.8 Å². The second kappa shape index (κ2) is 6.69. The molecule has 0 spiro atoms. The number of hydrogen-bond donors (Lipinski definition) is 0. The molecule has 25 heavy (non-hydrogen) atoms. The van der Waals surface area contributed by atoms with Gasteiger partial charge in [-0.1, -0.05) is 48.5 Å². The molecule has 128 valence electrons. The van der Waals surface area contributed by atoms with Gasteiger partial charge >= 0.3 is 0 Å². The maximum atomic E-state index is 13.1. The zero-order chi connectivity index (χ0) is 18.0. The molecule has 4 nitrogen and oxygen atoms in total. The first-order valence-corrected chi connectivity index (χ1v) is 9.50. The Morgan fingerprint density at radius 3 is 2.20 bits per heavy atom. The van der Waals surface area contributed by atoms with Gasteiger partial charge < -0.3 is 0 Å². The highest BCUT2D eigenvalue weighted by atomic mass is 32.2. The highest BCUT2D eigenvalue weighted by Gasteiger charge is 2.24. The van der Waals surface area contributed by atoms with E-state index in [0.29, 0.717) is 17.8 Å². The Balaban J connectivity index is 2.11. The monoisotopic (exact) mass is 353 g/mol. The van der Waals surface area contributed by atoms with E-state index < -0.39 is 10.0 Å². The lowest BCUT2D eigenvalue weighted by molar-refractivity contribution is 0.101. The summed E-state index contributed by atoms with van der Waals surface area (Å²) in [6, 6.07) is 19.4. The molecule has 0 aliphatic rings. The number of benzene rings is 3. The molecule has 0 amide bonds. The average molecular weight is 353 g/mol. The maximum Gasteiger partial charge on any atom is 0.264 e. The van der Waals surface area contributed by atoms with E-state index in [9.17, 15) is 13.2 Å². The number of Topliss-reactive ketones (excluding diaryl/α,β-unsaturated/α-hetero) is 1. The first kappa shape index (κ1) is 17.2. The topological polar surface area (TPSA) is 54.5 Å². The molecule has 0 atom stereocenters. The third-order valence-corrected chi connectivity index (χ3v) is 6.07. The van der Waals surface area contributed by atoms with E-state index in [1.807, 2.05) is 49.4 Å². The van der Waals surface area contributed by atoms with Crippen molar-refractivity contribution in [3.8, 4) is 0 Å². The van der Waals surface area contributed by atoms with Crippen LogP contribution in [-0.4, -0.2) is 20.7 Å². The van der Waals surface area contributed by atoms with Crippen LogP contribution in [0.3, 0.4) is 0 Å². The molecule has 0 aliphatic carbocycles. The Morgan fingerprint density at radius 2 is 1.56 bits per heavy atom. The molecule has 0 aromatic heterocycles. The van der Waals surface area contributed by atoms with Crippen molar-refractivity contribution in [2.24, 2.45) is 0 Å². The van der Waals surface area contributed by atoms with Crippen molar-refractivity contribution in [2.45, 2.75) is 18.7 Å². The van der Waals surface area contributed by atoms with Gasteiger partial charge in [-0.2, -0.15) is 0 Å². The number of nitrogens with zero attached hydrogens (tertiary/aromatic N) is 1. The summed E-state index contributed by atoms with van der Waals surface area (Å²) in [6.07, 6.45) is 0. The first-order valence-electron chi connectivity index (χ1n) is 8.06. The Bertz CT molecular complexity index is 1020. The molecule has 0 N–H and O–H groups in total. The van der Waals surface area contributed by atoms with Gasteiger partial charge in [-0.25, -0.2) is 8.42 Å². The highest BCUT2D eigenvalue weighted by molar-refractivity contribution is 7.92. The van der Waals surface area contributed by atoms with Gasteiger partial charge in [0.15, 0.2) is 5.78 Å². The minimum Gasteiger partial charge on any atom is -0.295 e. The van der Waals surface area contributed by atoms with E-state index in [1.54, 1.807) is 12.1 Å². The number of ketones is 1. The van der Waals surface area contributed by atoms with Crippen LogP contribution < -0.4 is 4.31 Å². The molecule has 0 unspecified atom stereocenters. The zero-order valence-corrected chi connectivity index (χ0v) is 15.0. The average Bonchev–Trinajstić information content (AvgIpc) is 2.62. The van der Waals surface area contributed by atoms with E-state index in [2.05, 4.69) is 0 Å². The van der Waals surface area contributed by atoms with Crippen molar-refractivity contribution < 1.29 is 13.2 Å². The maximum absolute atomic E-state index is 13.1. The Kier molecular flexibility index (Phi) is 4.59. The van der Waals surface area contributed by atoms with Crippen molar-refractivity contribution >= 4 is 32.3 Å². The number of fused-ring (bicyclic) bond motifs is 1. The smallest absolute Gasteiger partial charge is 0.264 e. The van der Waals surface area contributed by atoms with Crippen LogP contribution in [-0.2, 0) is 10.0 Å². The number of rotatable bonds is 5. The van der Waals surface area contributed by atoms with Crippen molar-refractivity contribution in [1.29, 1.82) is 0 Å². The van der Waals surface area contributed by atoms with E-state index in [-0.39, 0.29) is 10.7 Å². The molecule has 0 radical (unpaired) electrons. The highest BCUT2D eigenvalue weighted by Crippen LogP contribution is 2.30. The third-order valence-electron chi connectivity index (χ3n) is 4.17. The van der Waals surface area contributed by atoms with Gasteiger partial charge in [-0.05, 0) is 37.4 Å². The fourth-order valence-corrected chi connectivity index (χ4v) is 4.38. The second-order valence-electron chi connectivity index (χ2n) is 5.75. The van der Waals surface area contributed by atoms with Crippen LogP contribution in [0.4, 0.5) is 5.69 Å². The van der Waals surface area contributed by atoms with Gasteiger partial charge in [0.2, 0.25) is 0 Å². The van der Waals surface area contributed by atoms with Crippen molar-refractivity contribution in [3.05, 3.63) is 72.3 Å². The van der Waals surface area contributed by atoms with Gasteiger partial charge in [0.05, 0.1) is 10.6 Å². The number of hydrogen-bond acceptors (Lipinski definition) is 3. The summed E-state index contributed by atoms with van der Waals surface area (Å²) < 4.78 is 27.7. The van der Waals surface area contributed by atoms with Crippen LogP contribution in [0.2, 0.25) is 0 Å². The van der Waals surface area contributed by atoms with Crippen LogP contribution in [0.5, 0.6) is 0 Å². The van der Waals surface area contributed by atoms with Crippen LogP contribution in [0.1, 0.15) is 24.2 Å². The molecule has 0 fully saturated rings. The van der Waals surface area contributed by atoms with Gasteiger partial charge in [-0.3, -0.25) is 9.10 Å². The molecule has 3 aromatic carbocycles. The summed E-state index contributed by atoms with van der Waals surface area (Å²) in [6.45, 7) is 3.58. The molecular formula is C20H19NO3S. The van der Waals surface area contributed by atoms with Gasteiger partial charge in [-0.15, -0.1) is 0 Å². The van der Waals surface area contributed by atoms with Gasteiger partial charge in [0.1, 0.15) is 0 Å². The molecule has 5 heteroatoms. The lowest BCUT2D eigenvalue weighted by Gasteiger charge is -2.24.